The highest BCUT2D eigenvalue weighted by Crippen LogP contribution is 2.39. The molecule has 2 aliphatic heterocycles. The highest BCUT2D eigenvalue weighted by molar-refractivity contribution is 6.98. The molecule has 9 rings (SSSR count). The van der Waals surface area contributed by atoms with E-state index in [4.69, 9.17) is 14.5 Å². The maximum atomic E-state index is 10.0. The Morgan fingerprint density at radius 3 is 1.76 bits per heavy atom. The van der Waals surface area contributed by atoms with Crippen LogP contribution in [-0.4, -0.2) is 16.3 Å². The summed E-state index contributed by atoms with van der Waals surface area (Å²) in [4.78, 5) is 4.76. The molecule has 2 aromatic heterocycles. The minimum absolute atomic E-state index is 0.00511. The molecule has 6 heteroatoms. The maximum Gasteiger partial charge on any atom is 0.260 e. The highest BCUT2D eigenvalue weighted by Gasteiger charge is 2.40. The molecule has 0 radical (unpaired) electrons. The topological polar surface area (TPSA) is 60.1 Å². The van der Waals surface area contributed by atoms with Gasteiger partial charge in [-0.2, -0.15) is 5.26 Å². The molecule has 0 unspecified atom stereocenters. The van der Waals surface area contributed by atoms with Crippen molar-refractivity contribution in [2.75, 3.05) is 0 Å². The first-order valence-electron chi connectivity index (χ1n) is 13.9. The van der Waals surface area contributed by atoms with E-state index in [0.29, 0.717) is 11.4 Å². The van der Waals surface area contributed by atoms with Crippen molar-refractivity contribution in [2.24, 2.45) is 0 Å². The molecule has 5 aromatic carbocycles. The molecular weight excluding hydrogens is 517 g/mol. The molecule has 0 N–H and O–H groups in total. The summed E-state index contributed by atoms with van der Waals surface area (Å²) in [5.74, 6) is 3.14. The summed E-state index contributed by atoms with van der Waals surface area (Å²) in [6, 6.07) is 43.3. The number of hydrogen-bond donors (Lipinski definition) is 0. The lowest BCUT2D eigenvalue weighted by Gasteiger charge is -2.33. The van der Waals surface area contributed by atoms with Crippen LogP contribution >= 0.6 is 0 Å². The molecule has 0 fully saturated rings. The van der Waals surface area contributed by atoms with Crippen LogP contribution in [-0.2, 0) is 0 Å². The summed E-state index contributed by atoms with van der Waals surface area (Å²) in [5, 5.41) is 12.4. The van der Waals surface area contributed by atoms with Crippen LogP contribution in [0.2, 0.25) is 0 Å². The molecule has 0 aliphatic carbocycles. The third-order valence-electron chi connectivity index (χ3n) is 8.35. The Morgan fingerprint density at radius 2 is 1.17 bits per heavy atom. The molecule has 0 saturated carbocycles. The molecule has 0 saturated heterocycles. The van der Waals surface area contributed by atoms with Gasteiger partial charge in [-0.3, -0.25) is 0 Å². The largest absolute Gasteiger partial charge is 0.458 e. The van der Waals surface area contributed by atoms with Crippen molar-refractivity contribution in [2.45, 2.75) is 0 Å². The first kappa shape index (κ1) is 23.0. The molecule has 7 aromatic rings. The Labute approximate surface area is 241 Å². The van der Waals surface area contributed by atoms with Gasteiger partial charge in [0.2, 0.25) is 0 Å². The van der Waals surface area contributed by atoms with E-state index in [9.17, 15) is 5.26 Å². The number of nitrogens with zero attached hydrogens (tertiary/aromatic N) is 3. The molecule has 0 spiro atoms. The van der Waals surface area contributed by atoms with Crippen molar-refractivity contribution >= 4 is 44.9 Å². The fraction of sp³-hybridized carbons (Fsp3) is 0. The second-order valence-corrected chi connectivity index (χ2v) is 10.7. The predicted octanol–water partition coefficient (Wildman–Crippen LogP) is 6.44. The number of aromatic nitrogens is 2. The van der Waals surface area contributed by atoms with Crippen molar-refractivity contribution in [1.82, 2.24) is 9.55 Å². The van der Waals surface area contributed by atoms with Gasteiger partial charge in [0.05, 0.1) is 22.4 Å². The molecule has 5 nitrogen and oxygen atoms in total. The third-order valence-corrected chi connectivity index (χ3v) is 8.35. The standard InChI is InChI=1S/C36H20BN3O2/c38-21-23-19-24(40-30-13-5-1-9-25(30)26-10-2-6-14-31(26)40)20-29(39-23)22-17-34-36-35(18-22)42-33-16-8-4-12-28(33)37(36)27-11-3-7-15-32(27)41-34/h1-20H. The quantitative estimate of drug-likeness (QED) is 0.238. The van der Waals surface area contributed by atoms with Gasteiger partial charge in [0.1, 0.15) is 34.8 Å². The molecular formula is C36H20BN3O2. The predicted molar refractivity (Wildman–Crippen MR) is 166 cm³/mol. The average Bonchev–Trinajstić information content (AvgIpc) is 3.38. The average molecular weight is 537 g/mol. The van der Waals surface area contributed by atoms with Gasteiger partial charge in [-0.1, -0.05) is 72.8 Å². The van der Waals surface area contributed by atoms with Gasteiger partial charge in [-0.05, 0) is 59.5 Å². The van der Waals surface area contributed by atoms with Gasteiger partial charge >= 0.3 is 0 Å². The molecule has 42 heavy (non-hydrogen) atoms. The number of ether oxygens (including phenoxy) is 2. The number of hydrogen-bond acceptors (Lipinski definition) is 4. The molecule has 194 valence electrons. The number of benzene rings is 5. The molecule has 4 heterocycles. The van der Waals surface area contributed by atoms with Crippen LogP contribution < -0.4 is 25.9 Å². The zero-order chi connectivity index (χ0) is 27.8. The lowest BCUT2D eigenvalue weighted by molar-refractivity contribution is 0.465. The van der Waals surface area contributed by atoms with Gasteiger partial charge in [-0.25, -0.2) is 4.98 Å². The van der Waals surface area contributed by atoms with Crippen LogP contribution in [0.4, 0.5) is 0 Å². The van der Waals surface area contributed by atoms with Crippen molar-refractivity contribution in [3.05, 3.63) is 127 Å². The monoisotopic (exact) mass is 537 g/mol. The van der Waals surface area contributed by atoms with E-state index >= 15 is 0 Å². The summed E-state index contributed by atoms with van der Waals surface area (Å²) in [5.41, 5.74) is 8.09. The van der Waals surface area contributed by atoms with E-state index in [2.05, 4.69) is 59.2 Å². The van der Waals surface area contributed by atoms with E-state index in [-0.39, 0.29) is 6.71 Å². The number of rotatable bonds is 2. The molecule has 2 aliphatic rings. The fourth-order valence-corrected chi connectivity index (χ4v) is 6.59. The van der Waals surface area contributed by atoms with E-state index in [0.717, 1.165) is 72.4 Å². The molecule has 0 bridgehead atoms. The Bertz CT molecular complexity index is 2170. The highest BCUT2D eigenvalue weighted by atomic mass is 16.5. The van der Waals surface area contributed by atoms with Gasteiger partial charge < -0.3 is 14.0 Å². The normalized spacial score (nSPS) is 12.6. The number of fused-ring (bicyclic) bond motifs is 7. The van der Waals surface area contributed by atoms with Crippen LogP contribution in [0.3, 0.4) is 0 Å². The smallest absolute Gasteiger partial charge is 0.260 e. The minimum atomic E-state index is 0.00511. The van der Waals surface area contributed by atoms with Crippen molar-refractivity contribution in [3.63, 3.8) is 0 Å². The van der Waals surface area contributed by atoms with Crippen molar-refractivity contribution in [3.8, 4) is 46.0 Å². The van der Waals surface area contributed by atoms with Crippen LogP contribution in [0.15, 0.2) is 121 Å². The van der Waals surface area contributed by atoms with E-state index in [1.165, 1.54) is 0 Å². The van der Waals surface area contributed by atoms with Crippen molar-refractivity contribution in [1.29, 1.82) is 5.26 Å². The third kappa shape index (κ3) is 3.22. The molecule has 0 atom stereocenters. The lowest BCUT2D eigenvalue weighted by atomic mass is 9.35. The van der Waals surface area contributed by atoms with Gasteiger partial charge in [0.25, 0.3) is 6.71 Å². The number of nitriles is 1. The van der Waals surface area contributed by atoms with Crippen LogP contribution in [0, 0.1) is 11.3 Å². The zero-order valence-corrected chi connectivity index (χ0v) is 22.3. The first-order chi connectivity index (χ1) is 20.8. The fourth-order valence-electron chi connectivity index (χ4n) is 6.59. The summed E-state index contributed by atoms with van der Waals surface area (Å²) in [6.07, 6.45) is 0. The van der Waals surface area contributed by atoms with Gasteiger partial charge in [-0.15, -0.1) is 0 Å². The van der Waals surface area contributed by atoms with Crippen LogP contribution in [0.5, 0.6) is 23.0 Å². The zero-order valence-electron chi connectivity index (χ0n) is 22.3. The lowest BCUT2D eigenvalue weighted by Crippen LogP contribution is -2.57. The van der Waals surface area contributed by atoms with Crippen LogP contribution in [0.1, 0.15) is 5.69 Å². The van der Waals surface area contributed by atoms with E-state index in [1.54, 1.807) is 0 Å². The Kier molecular flexibility index (Phi) is 4.70. The second kappa shape index (κ2) is 8.60. The summed E-state index contributed by atoms with van der Waals surface area (Å²) >= 11 is 0. The first-order valence-corrected chi connectivity index (χ1v) is 13.9. The van der Waals surface area contributed by atoms with Crippen molar-refractivity contribution < 1.29 is 9.47 Å². The second-order valence-electron chi connectivity index (χ2n) is 10.7. The van der Waals surface area contributed by atoms with Crippen LogP contribution in [0.25, 0.3) is 38.8 Å². The number of pyridine rings is 1. The molecule has 0 amide bonds. The summed E-state index contributed by atoms with van der Waals surface area (Å²) in [7, 11) is 0. The summed E-state index contributed by atoms with van der Waals surface area (Å²) < 4.78 is 15.2. The summed E-state index contributed by atoms with van der Waals surface area (Å²) in [6.45, 7) is 0.00511. The van der Waals surface area contributed by atoms with Gasteiger partial charge in [0.15, 0.2) is 0 Å². The maximum absolute atomic E-state index is 10.0. The Balaban J connectivity index is 1.28. The SMILES string of the molecule is N#Cc1cc(-n2c3ccccc3c3ccccc32)cc(-c2cc3c4c(c2)Oc2ccccc2B4c2ccccc2O3)n1. The Morgan fingerprint density at radius 1 is 0.619 bits per heavy atom. The minimum Gasteiger partial charge on any atom is -0.458 e. The Hall–Kier alpha value is -5.80. The van der Waals surface area contributed by atoms with E-state index in [1.807, 2.05) is 72.8 Å². The van der Waals surface area contributed by atoms with Gasteiger partial charge in [0, 0.05) is 21.8 Å². The van der Waals surface area contributed by atoms with E-state index < -0.39 is 0 Å². The number of para-hydroxylation sites is 4.